The van der Waals surface area contributed by atoms with E-state index in [-0.39, 0.29) is 17.3 Å². The lowest BCUT2D eigenvalue weighted by Gasteiger charge is -2.29. The predicted molar refractivity (Wildman–Crippen MR) is 81.1 cm³/mol. The summed E-state index contributed by atoms with van der Waals surface area (Å²) < 4.78 is 6.62. The number of rotatable bonds is 2. The highest BCUT2D eigenvalue weighted by Crippen LogP contribution is 2.22. The Morgan fingerprint density at radius 2 is 1.95 bits per heavy atom. The number of piperidine rings is 1. The van der Waals surface area contributed by atoms with Gasteiger partial charge in [0.25, 0.3) is 5.56 Å². The minimum Gasteiger partial charge on any atom is -0.496 e. The van der Waals surface area contributed by atoms with Gasteiger partial charge in [0, 0.05) is 6.04 Å². The summed E-state index contributed by atoms with van der Waals surface area (Å²) >= 11 is 0. The highest BCUT2D eigenvalue weighted by atomic mass is 16.5. The lowest BCUT2D eigenvalue weighted by Crippen LogP contribution is -2.42. The van der Waals surface area contributed by atoms with Crippen LogP contribution in [0.5, 0.6) is 5.75 Å². The third-order valence-corrected chi connectivity index (χ3v) is 4.19. The highest BCUT2D eigenvalue weighted by Gasteiger charge is 2.23. The van der Waals surface area contributed by atoms with Crippen LogP contribution in [0.15, 0.2) is 27.8 Å². The van der Waals surface area contributed by atoms with Crippen LogP contribution in [-0.4, -0.2) is 41.7 Å². The number of benzene rings is 1. The molecule has 112 valence electrons. The number of methoxy groups -OCH3 is 1. The Labute approximate surface area is 122 Å². The van der Waals surface area contributed by atoms with Gasteiger partial charge in [-0.15, -0.1) is 0 Å². The van der Waals surface area contributed by atoms with Crippen LogP contribution in [0, 0.1) is 0 Å². The smallest absolute Gasteiger partial charge is 0.329 e. The molecule has 3 rings (SSSR count). The van der Waals surface area contributed by atoms with Gasteiger partial charge in [-0.3, -0.25) is 9.36 Å². The largest absolute Gasteiger partial charge is 0.496 e. The predicted octanol–water partition coefficient (Wildman–Crippen LogP) is 0.965. The van der Waals surface area contributed by atoms with Crippen LogP contribution in [-0.2, 0) is 0 Å². The summed E-state index contributed by atoms with van der Waals surface area (Å²) in [4.78, 5) is 30.0. The first-order valence-electron chi connectivity index (χ1n) is 7.12. The lowest BCUT2D eigenvalue weighted by atomic mass is 10.1. The SMILES string of the molecule is COc1cccc2[nH]c(=O)n(C3CCN(C)CC3)c(=O)c12. The maximum atomic E-state index is 12.8. The Hall–Kier alpha value is -2.08. The molecule has 0 saturated carbocycles. The number of hydrogen-bond donors (Lipinski definition) is 1. The summed E-state index contributed by atoms with van der Waals surface area (Å²) in [6, 6.07) is 5.17. The summed E-state index contributed by atoms with van der Waals surface area (Å²) in [5.74, 6) is 0.496. The van der Waals surface area contributed by atoms with Gasteiger partial charge in [0.1, 0.15) is 11.1 Å². The molecule has 0 amide bonds. The van der Waals surface area contributed by atoms with Crippen molar-refractivity contribution < 1.29 is 4.74 Å². The first-order valence-corrected chi connectivity index (χ1v) is 7.12. The molecule has 0 aliphatic carbocycles. The number of likely N-dealkylation sites (tertiary alicyclic amines) is 1. The van der Waals surface area contributed by atoms with Crippen LogP contribution in [0.4, 0.5) is 0 Å². The van der Waals surface area contributed by atoms with Crippen LogP contribution >= 0.6 is 0 Å². The molecular formula is C15H19N3O3. The molecule has 1 aliphatic heterocycles. The molecule has 1 N–H and O–H groups in total. The summed E-state index contributed by atoms with van der Waals surface area (Å²) in [5, 5.41) is 0.443. The van der Waals surface area contributed by atoms with E-state index in [1.807, 2.05) is 7.05 Å². The van der Waals surface area contributed by atoms with Crippen LogP contribution in [0.2, 0.25) is 0 Å². The van der Waals surface area contributed by atoms with Crippen molar-refractivity contribution in [3.63, 3.8) is 0 Å². The number of aromatic amines is 1. The van der Waals surface area contributed by atoms with Crippen LogP contribution in [0.3, 0.4) is 0 Å². The van der Waals surface area contributed by atoms with E-state index in [4.69, 9.17) is 4.74 Å². The maximum absolute atomic E-state index is 12.8. The fraction of sp³-hybridized carbons (Fsp3) is 0.467. The third kappa shape index (κ3) is 2.35. The fourth-order valence-electron chi connectivity index (χ4n) is 3.00. The monoisotopic (exact) mass is 289 g/mol. The summed E-state index contributed by atoms with van der Waals surface area (Å²) in [5.41, 5.74) is -0.0791. The van der Waals surface area contributed by atoms with Gasteiger partial charge in [-0.05, 0) is 45.1 Å². The molecule has 2 heterocycles. The van der Waals surface area contributed by atoms with Gasteiger partial charge in [-0.1, -0.05) is 6.07 Å². The molecule has 21 heavy (non-hydrogen) atoms. The van der Waals surface area contributed by atoms with Crippen LogP contribution in [0.1, 0.15) is 18.9 Å². The second-order valence-electron chi connectivity index (χ2n) is 5.52. The van der Waals surface area contributed by atoms with Crippen molar-refractivity contribution in [1.29, 1.82) is 0 Å². The molecule has 2 aromatic rings. The average Bonchev–Trinajstić information content (AvgIpc) is 2.48. The summed E-state index contributed by atoms with van der Waals surface area (Å²) in [7, 11) is 3.58. The number of hydrogen-bond acceptors (Lipinski definition) is 4. The fourth-order valence-corrected chi connectivity index (χ4v) is 3.00. The average molecular weight is 289 g/mol. The Morgan fingerprint density at radius 1 is 1.24 bits per heavy atom. The van der Waals surface area contributed by atoms with Gasteiger partial charge in [-0.2, -0.15) is 0 Å². The van der Waals surface area contributed by atoms with Crippen molar-refractivity contribution in [2.24, 2.45) is 0 Å². The van der Waals surface area contributed by atoms with E-state index in [1.165, 1.54) is 11.7 Å². The number of ether oxygens (including phenoxy) is 1. The second kappa shape index (κ2) is 5.37. The Bertz CT molecular complexity index is 770. The van der Waals surface area contributed by atoms with E-state index in [2.05, 4.69) is 9.88 Å². The van der Waals surface area contributed by atoms with E-state index >= 15 is 0 Å². The topological polar surface area (TPSA) is 67.3 Å². The van der Waals surface area contributed by atoms with Crippen molar-refractivity contribution in [3.8, 4) is 5.75 Å². The van der Waals surface area contributed by atoms with Gasteiger partial charge < -0.3 is 14.6 Å². The standard InChI is InChI=1S/C15H19N3O3/c1-17-8-6-10(7-9-17)18-14(19)13-11(16-15(18)20)4-3-5-12(13)21-2/h3-5,10H,6-9H2,1-2H3,(H,16,20). The molecule has 0 unspecified atom stereocenters. The molecule has 1 fully saturated rings. The molecule has 0 bridgehead atoms. The third-order valence-electron chi connectivity index (χ3n) is 4.19. The minimum absolute atomic E-state index is 0.0493. The van der Waals surface area contributed by atoms with Gasteiger partial charge in [0.05, 0.1) is 12.6 Å². The number of nitrogens with zero attached hydrogens (tertiary/aromatic N) is 2. The quantitative estimate of drug-likeness (QED) is 0.894. The summed E-state index contributed by atoms with van der Waals surface area (Å²) in [6.45, 7) is 1.78. The van der Waals surface area contributed by atoms with Crippen molar-refractivity contribution in [1.82, 2.24) is 14.5 Å². The van der Waals surface area contributed by atoms with E-state index in [9.17, 15) is 9.59 Å². The van der Waals surface area contributed by atoms with E-state index in [0.717, 1.165) is 25.9 Å². The number of fused-ring (bicyclic) bond motifs is 1. The Balaban J connectivity index is 2.19. The van der Waals surface area contributed by atoms with Crippen molar-refractivity contribution in [2.45, 2.75) is 18.9 Å². The molecule has 1 aliphatic rings. The summed E-state index contributed by atoms with van der Waals surface area (Å²) in [6.07, 6.45) is 1.61. The first kappa shape index (κ1) is 13.9. The molecular weight excluding hydrogens is 270 g/mol. The molecule has 6 heteroatoms. The van der Waals surface area contributed by atoms with Gasteiger partial charge in [-0.25, -0.2) is 4.79 Å². The molecule has 0 atom stereocenters. The molecule has 0 radical (unpaired) electrons. The van der Waals surface area contributed by atoms with Crippen LogP contribution < -0.4 is 16.0 Å². The van der Waals surface area contributed by atoms with E-state index in [0.29, 0.717) is 16.7 Å². The minimum atomic E-state index is -0.338. The van der Waals surface area contributed by atoms with Gasteiger partial charge in [0.2, 0.25) is 0 Å². The normalized spacial score (nSPS) is 17.2. The van der Waals surface area contributed by atoms with Gasteiger partial charge >= 0.3 is 5.69 Å². The Kier molecular flexibility index (Phi) is 3.55. The van der Waals surface area contributed by atoms with E-state index < -0.39 is 0 Å². The van der Waals surface area contributed by atoms with E-state index in [1.54, 1.807) is 18.2 Å². The number of aromatic nitrogens is 2. The number of H-pyrrole nitrogens is 1. The zero-order valence-corrected chi connectivity index (χ0v) is 12.3. The van der Waals surface area contributed by atoms with Crippen LogP contribution in [0.25, 0.3) is 10.9 Å². The first-order chi connectivity index (χ1) is 10.1. The van der Waals surface area contributed by atoms with Crippen molar-refractivity contribution >= 4 is 10.9 Å². The zero-order valence-electron chi connectivity index (χ0n) is 12.3. The Morgan fingerprint density at radius 3 is 2.62 bits per heavy atom. The number of nitrogens with one attached hydrogen (secondary N) is 1. The molecule has 1 saturated heterocycles. The van der Waals surface area contributed by atoms with Crippen molar-refractivity contribution in [3.05, 3.63) is 39.0 Å². The maximum Gasteiger partial charge on any atom is 0.329 e. The molecule has 1 aromatic heterocycles. The molecule has 1 aromatic carbocycles. The molecule has 0 spiro atoms. The zero-order chi connectivity index (χ0) is 15.0. The van der Waals surface area contributed by atoms with Gasteiger partial charge in [0.15, 0.2) is 0 Å². The lowest BCUT2D eigenvalue weighted by molar-refractivity contribution is 0.216. The second-order valence-corrected chi connectivity index (χ2v) is 5.52. The van der Waals surface area contributed by atoms with Crippen molar-refractivity contribution in [2.75, 3.05) is 27.2 Å². The highest BCUT2D eigenvalue weighted by molar-refractivity contribution is 5.83. The molecule has 6 nitrogen and oxygen atoms in total.